The molecule has 1 aromatic heterocycles. The summed E-state index contributed by atoms with van der Waals surface area (Å²) in [5, 5.41) is 15.8. The van der Waals surface area contributed by atoms with Gasteiger partial charge in [-0.05, 0) is 19.1 Å². The van der Waals surface area contributed by atoms with Crippen molar-refractivity contribution in [1.29, 1.82) is 0 Å². The lowest BCUT2D eigenvalue weighted by atomic mass is 10.3. The van der Waals surface area contributed by atoms with E-state index in [9.17, 15) is 10.1 Å². The first-order valence-corrected chi connectivity index (χ1v) is 6.01. The van der Waals surface area contributed by atoms with Gasteiger partial charge in [0.1, 0.15) is 0 Å². The molecule has 1 aromatic carbocycles. The second-order valence-electron chi connectivity index (χ2n) is 3.83. The minimum absolute atomic E-state index is 0.00182. The first-order chi connectivity index (χ1) is 8.47. The fraction of sp³-hybridized carbons (Fsp3) is 0.182. The molecule has 0 amide bonds. The lowest BCUT2D eigenvalue weighted by molar-refractivity contribution is -0.384. The highest BCUT2D eigenvalue weighted by Gasteiger charge is 2.11. The molecule has 94 valence electrons. The summed E-state index contributed by atoms with van der Waals surface area (Å²) in [5.41, 5.74) is 7.12. The van der Waals surface area contributed by atoms with E-state index in [0.29, 0.717) is 5.69 Å². The topological polar surface area (TPSA) is 87.0 Å². The van der Waals surface area contributed by atoms with Crippen LogP contribution in [0.5, 0.6) is 0 Å². The number of nitrogen functional groups attached to an aromatic ring is 1. The molecule has 0 aliphatic heterocycles. The van der Waals surface area contributed by atoms with Crippen LogP contribution < -0.4 is 5.73 Å². The van der Waals surface area contributed by atoms with Gasteiger partial charge in [0.05, 0.1) is 21.3 Å². The van der Waals surface area contributed by atoms with Crippen LogP contribution in [-0.4, -0.2) is 14.7 Å². The lowest BCUT2D eigenvalue weighted by Crippen LogP contribution is -1.95. The number of aromatic nitrogens is 2. The van der Waals surface area contributed by atoms with Crippen LogP contribution in [0.3, 0.4) is 0 Å². The van der Waals surface area contributed by atoms with Crippen molar-refractivity contribution in [2.75, 3.05) is 5.73 Å². The molecule has 2 aromatic rings. The molecule has 0 radical (unpaired) electrons. The molecule has 1 heterocycles. The van der Waals surface area contributed by atoms with Crippen molar-refractivity contribution in [3.8, 4) is 0 Å². The Balaban J connectivity index is 2.30. The van der Waals surface area contributed by atoms with Gasteiger partial charge in [-0.2, -0.15) is 5.10 Å². The van der Waals surface area contributed by atoms with Crippen molar-refractivity contribution in [3.05, 3.63) is 40.1 Å². The number of nitrogens with two attached hydrogens (primary N) is 1. The van der Waals surface area contributed by atoms with Crippen LogP contribution in [-0.2, 0) is 7.05 Å². The molecule has 0 atom stereocenters. The van der Waals surface area contributed by atoms with Gasteiger partial charge in [-0.3, -0.25) is 14.8 Å². The SMILES string of the molecule is Cc1cc(Sc2ccc([N+](=O)[O-])cc2N)n(C)n1. The normalized spacial score (nSPS) is 10.6. The highest BCUT2D eigenvalue weighted by atomic mass is 32.2. The van der Waals surface area contributed by atoms with Crippen molar-refractivity contribution in [2.24, 2.45) is 7.05 Å². The van der Waals surface area contributed by atoms with Crippen molar-refractivity contribution in [3.63, 3.8) is 0 Å². The van der Waals surface area contributed by atoms with Crippen LogP contribution in [0.2, 0.25) is 0 Å². The highest BCUT2D eigenvalue weighted by Crippen LogP contribution is 2.33. The van der Waals surface area contributed by atoms with E-state index in [2.05, 4.69) is 5.10 Å². The molecule has 2 N–H and O–H groups in total. The van der Waals surface area contributed by atoms with E-state index in [0.717, 1.165) is 15.6 Å². The second-order valence-corrected chi connectivity index (χ2v) is 4.89. The third-order valence-corrected chi connectivity index (χ3v) is 3.56. The van der Waals surface area contributed by atoms with Gasteiger partial charge in [0, 0.05) is 24.1 Å². The number of aryl methyl sites for hydroxylation is 2. The highest BCUT2D eigenvalue weighted by molar-refractivity contribution is 7.99. The average molecular weight is 264 g/mol. The maximum Gasteiger partial charge on any atom is 0.271 e. The number of non-ortho nitro benzene ring substituents is 1. The fourth-order valence-corrected chi connectivity index (χ4v) is 2.48. The predicted octanol–water partition coefficient (Wildman–Crippen LogP) is 2.37. The maximum atomic E-state index is 10.6. The standard InChI is InChI=1S/C11H12N4O2S/c1-7-5-11(14(2)13-7)18-10-4-3-8(15(16)17)6-9(10)12/h3-6H,12H2,1-2H3. The summed E-state index contributed by atoms with van der Waals surface area (Å²) in [7, 11) is 1.84. The van der Waals surface area contributed by atoms with Crippen molar-refractivity contribution < 1.29 is 4.92 Å². The summed E-state index contributed by atoms with van der Waals surface area (Å²) in [6, 6.07) is 6.40. The molecule has 18 heavy (non-hydrogen) atoms. The minimum Gasteiger partial charge on any atom is -0.398 e. The van der Waals surface area contributed by atoms with Crippen molar-refractivity contribution >= 4 is 23.1 Å². The van der Waals surface area contributed by atoms with E-state index < -0.39 is 4.92 Å². The Kier molecular flexibility index (Phi) is 3.24. The van der Waals surface area contributed by atoms with E-state index in [1.807, 2.05) is 20.0 Å². The number of nitro benzene ring substituents is 1. The number of anilines is 1. The Bertz CT molecular complexity index is 609. The fourth-order valence-electron chi connectivity index (χ4n) is 1.54. The third kappa shape index (κ3) is 2.45. The van der Waals surface area contributed by atoms with Gasteiger partial charge in [0.15, 0.2) is 0 Å². The molecule has 0 bridgehead atoms. The Morgan fingerprint density at radius 3 is 2.67 bits per heavy atom. The molecule has 0 fully saturated rings. The molecular weight excluding hydrogens is 252 g/mol. The second kappa shape index (κ2) is 4.69. The predicted molar refractivity (Wildman–Crippen MR) is 69.6 cm³/mol. The van der Waals surface area contributed by atoms with Gasteiger partial charge < -0.3 is 5.73 Å². The zero-order valence-electron chi connectivity index (χ0n) is 9.95. The molecule has 2 rings (SSSR count). The van der Waals surface area contributed by atoms with Crippen LogP contribution >= 0.6 is 11.8 Å². The quantitative estimate of drug-likeness (QED) is 0.522. The number of benzene rings is 1. The van der Waals surface area contributed by atoms with E-state index >= 15 is 0 Å². The number of hydrogen-bond donors (Lipinski definition) is 1. The summed E-state index contributed by atoms with van der Waals surface area (Å²) < 4.78 is 1.75. The van der Waals surface area contributed by atoms with Gasteiger partial charge in [-0.15, -0.1) is 0 Å². The zero-order valence-corrected chi connectivity index (χ0v) is 10.8. The summed E-state index contributed by atoms with van der Waals surface area (Å²) in [6.45, 7) is 1.91. The molecule has 0 aliphatic rings. The van der Waals surface area contributed by atoms with Crippen molar-refractivity contribution in [1.82, 2.24) is 9.78 Å². The third-order valence-electron chi connectivity index (χ3n) is 2.38. The Morgan fingerprint density at radius 1 is 1.44 bits per heavy atom. The molecular formula is C11H12N4O2S. The number of nitro groups is 1. The monoisotopic (exact) mass is 264 g/mol. The molecule has 0 saturated heterocycles. The Hall–Kier alpha value is -2.02. The van der Waals surface area contributed by atoms with E-state index in [1.165, 1.54) is 23.9 Å². The van der Waals surface area contributed by atoms with E-state index in [1.54, 1.807) is 10.7 Å². The minimum atomic E-state index is -0.459. The van der Waals surface area contributed by atoms with E-state index in [-0.39, 0.29) is 5.69 Å². The van der Waals surface area contributed by atoms with Crippen molar-refractivity contribution in [2.45, 2.75) is 16.8 Å². The Labute approximate surface area is 108 Å². The van der Waals surface area contributed by atoms with Crippen LogP contribution in [0.15, 0.2) is 34.2 Å². The summed E-state index contributed by atoms with van der Waals surface area (Å²) in [4.78, 5) is 10.9. The van der Waals surface area contributed by atoms with Gasteiger partial charge in [0.2, 0.25) is 0 Å². The van der Waals surface area contributed by atoms with Crippen LogP contribution in [0.4, 0.5) is 11.4 Å². The van der Waals surface area contributed by atoms with Gasteiger partial charge in [-0.1, -0.05) is 11.8 Å². The molecule has 7 heteroatoms. The first-order valence-electron chi connectivity index (χ1n) is 5.20. The first kappa shape index (κ1) is 12.4. The molecule has 0 saturated carbocycles. The van der Waals surface area contributed by atoms with Crippen LogP contribution in [0.1, 0.15) is 5.69 Å². The summed E-state index contributed by atoms with van der Waals surface area (Å²) in [6.07, 6.45) is 0. The van der Waals surface area contributed by atoms with Gasteiger partial charge in [-0.25, -0.2) is 0 Å². The molecule has 0 aliphatic carbocycles. The number of rotatable bonds is 3. The number of hydrogen-bond acceptors (Lipinski definition) is 5. The summed E-state index contributed by atoms with van der Waals surface area (Å²) >= 11 is 1.43. The smallest absolute Gasteiger partial charge is 0.271 e. The van der Waals surface area contributed by atoms with Crippen LogP contribution in [0, 0.1) is 17.0 Å². The lowest BCUT2D eigenvalue weighted by Gasteiger charge is -2.05. The molecule has 6 nitrogen and oxygen atoms in total. The molecule has 0 spiro atoms. The van der Waals surface area contributed by atoms with Gasteiger partial charge in [0.25, 0.3) is 5.69 Å². The largest absolute Gasteiger partial charge is 0.398 e. The maximum absolute atomic E-state index is 10.6. The van der Waals surface area contributed by atoms with Crippen LogP contribution in [0.25, 0.3) is 0 Å². The molecule has 0 unspecified atom stereocenters. The summed E-state index contributed by atoms with van der Waals surface area (Å²) in [5.74, 6) is 0. The zero-order chi connectivity index (χ0) is 13.3. The van der Waals surface area contributed by atoms with Gasteiger partial charge >= 0.3 is 0 Å². The average Bonchev–Trinajstić information content (AvgIpc) is 2.60. The number of nitrogens with zero attached hydrogens (tertiary/aromatic N) is 3. The Morgan fingerprint density at radius 2 is 2.17 bits per heavy atom. The van der Waals surface area contributed by atoms with E-state index in [4.69, 9.17) is 5.73 Å².